The lowest BCUT2D eigenvalue weighted by Gasteiger charge is -2.49. The molecule has 0 saturated carbocycles. The van der Waals surface area contributed by atoms with Crippen molar-refractivity contribution in [2.24, 2.45) is 0 Å². The Morgan fingerprint density at radius 1 is 0.254 bits per heavy atom. The van der Waals surface area contributed by atoms with E-state index in [4.69, 9.17) is 0 Å². The molecule has 1 heteroatoms. The summed E-state index contributed by atoms with van der Waals surface area (Å²) >= 11 is 0. The molecule has 0 aromatic heterocycles. The maximum Gasteiger partial charge on any atom is 0.0720 e. The molecule has 0 radical (unpaired) electrons. The standard InChI is InChI=1S/C58H39N/c1-3-20-44(21-4-1)57(53-27-13-14-28-54(53)58(45-22-5-2-6-23-45)52-26-12-11-24-50(52)51-25-15-29-55(57)56(51)58)46-32-36-47(37-33-46)59(48-34-30-40-16-7-9-18-42(40)38-48)49-35-31-41-17-8-10-19-43(41)39-49/h1-39H. The first-order valence-corrected chi connectivity index (χ1v) is 20.6. The molecule has 0 N–H and O–H groups in total. The molecular formula is C58H39N. The fraction of sp³-hybridized carbons (Fsp3) is 0.0345. The monoisotopic (exact) mass is 749 g/mol. The highest BCUT2D eigenvalue weighted by molar-refractivity contribution is 5.94. The summed E-state index contributed by atoms with van der Waals surface area (Å²) in [5.41, 5.74) is 15.4. The molecule has 0 amide bonds. The largest absolute Gasteiger partial charge is 0.310 e. The van der Waals surface area contributed by atoms with E-state index >= 15 is 0 Å². The molecule has 2 aliphatic rings. The van der Waals surface area contributed by atoms with Gasteiger partial charge >= 0.3 is 0 Å². The van der Waals surface area contributed by atoms with E-state index in [-0.39, 0.29) is 0 Å². The van der Waals surface area contributed by atoms with E-state index in [9.17, 15) is 0 Å². The second-order valence-corrected chi connectivity index (χ2v) is 16.0. The van der Waals surface area contributed by atoms with Gasteiger partial charge in [-0.25, -0.2) is 0 Å². The summed E-state index contributed by atoms with van der Waals surface area (Å²) in [6.07, 6.45) is 0. The highest BCUT2D eigenvalue weighted by Crippen LogP contribution is 2.65. The van der Waals surface area contributed by atoms with Crippen LogP contribution in [0.25, 0.3) is 32.7 Å². The Hall–Kier alpha value is -7.48. The summed E-state index contributed by atoms with van der Waals surface area (Å²) in [6.45, 7) is 0. The molecule has 0 aliphatic heterocycles. The minimum Gasteiger partial charge on any atom is -0.310 e. The van der Waals surface area contributed by atoms with Gasteiger partial charge in [0.15, 0.2) is 0 Å². The summed E-state index contributed by atoms with van der Waals surface area (Å²) < 4.78 is 0. The first kappa shape index (κ1) is 33.6. The van der Waals surface area contributed by atoms with Gasteiger partial charge in [-0.2, -0.15) is 0 Å². The average molecular weight is 750 g/mol. The van der Waals surface area contributed by atoms with Crippen molar-refractivity contribution in [3.8, 4) is 11.1 Å². The lowest BCUT2D eigenvalue weighted by atomic mass is 9.52. The SMILES string of the molecule is c1ccc(C2(c3ccc(N(c4ccc5ccccc5c4)c4ccc5ccccc5c4)cc3)c3ccccc3C3(c4ccccc4)c4ccccc4-c4cccc2c43)cc1. The molecule has 2 aliphatic carbocycles. The van der Waals surface area contributed by atoms with Crippen molar-refractivity contribution >= 4 is 38.6 Å². The summed E-state index contributed by atoms with van der Waals surface area (Å²) in [5, 5.41) is 4.90. The number of rotatable bonds is 6. The minimum absolute atomic E-state index is 0.471. The van der Waals surface area contributed by atoms with Crippen LogP contribution in [0.5, 0.6) is 0 Å². The first-order chi connectivity index (χ1) is 29.3. The van der Waals surface area contributed by atoms with Crippen molar-refractivity contribution in [2.45, 2.75) is 10.8 Å². The third kappa shape index (κ3) is 4.73. The van der Waals surface area contributed by atoms with E-state index in [1.165, 1.54) is 77.2 Å². The normalized spacial score (nSPS) is 17.3. The third-order valence-electron chi connectivity index (χ3n) is 13.2. The van der Waals surface area contributed by atoms with E-state index in [0.717, 1.165) is 17.1 Å². The summed E-state index contributed by atoms with van der Waals surface area (Å²) in [6, 6.07) is 88.1. The van der Waals surface area contributed by atoms with E-state index in [2.05, 4.69) is 241 Å². The van der Waals surface area contributed by atoms with Gasteiger partial charge in [0.05, 0.1) is 10.8 Å². The Kier molecular flexibility index (Phi) is 7.43. The number of fused-ring (bicyclic) bond motifs is 7. The van der Waals surface area contributed by atoms with Crippen LogP contribution in [0.1, 0.15) is 44.5 Å². The molecule has 10 aromatic carbocycles. The van der Waals surface area contributed by atoms with Crippen LogP contribution in [-0.2, 0) is 10.8 Å². The van der Waals surface area contributed by atoms with E-state index in [0.29, 0.717) is 0 Å². The zero-order valence-electron chi connectivity index (χ0n) is 32.5. The molecule has 0 fully saturated rings. The van der Waals surface area contributed by atoms with E-state index in [1.807, 2.05) is 0 Å². The molecule has 0 spiro atoms. The van der Waals surface area contributed by atoms with Gasteiger partial charge in [0.1, 0.15) is 0 Å². The number of hydrogen-bond acceptors (Lipinski definition) is 1. The second kappa shape index (κ2) is 13.0. The second-order valence-electron chi connectivity index (χ2n) is 16.0. The summed E-state index contributed by atoms with van der Waals surface area (Å²) in [7, 11) is 0. The smallest absolute Gasteiger partial charge is 0.0720 e. The molecule has 276 valence electrons. The van der Waals surface area contributed by atoms with Gasteiger partial charge in [-0.05, 0) is 114 Å². The number of benzene rings is 10. The van der Waals surface area contributed by atoms with Crippen molar-refractivity contribution < 1.29 is 0 Å². The predicted molar refractivity (Wildman–Crippen MR) is 245 cm³/mol. The fourth-order valence-corrected chi connectivity index (χ4v) is 10.8. The Bertz CT molecular complexity index is 3140. The third-order valence-corrected chi connectivity index (χ3v) is 13.2. The zero-order chi connectivity index (χ0) is 39.0. The van der Waals surface area contributed by atoms with Crippen LogP contribution in [0.15, 0.2) is 237 Å². The van der Waals surface area contributed by atoms with Gasteiger partial charge in [-0.1, -0.05) is 200 Å². The van der Waals surface area contributed by atoms with Crippen molar-refractivity contribution in [1.29, 1.82) is 0 Å². The van der Waals surface area contributed by atoms with Crippen LogP contribution < -0.4 is 4.90 Å². The molecule has 2 unspecified atom stereocenters. The van der Waals surface area contributed by atoms with Crippen LogP contribution in [-0.4, -0.2) is 0 Å². The highest BCUT2D eigenvalue weighted by Gasteiger charge is 2.57. The maximum absolute atomic E-state index is 2.41. The summed E-state index contributed by atoms with van der Waals surface area (Å²) in [4.78, 5) is 2.41. The fourth-order valence-electron chi connectivity index (χ4n) is 10.8. The van der Waals surface area contributed by atoms with E-state index in [1.54, 1.807) is 0 Å². The van der Waals surface area contributed by atoms with Gasteiger partial charge in [0.2, 0.25) is 0 Å². The van der Waals surface area contributed by atoms with Crippen molar-refractivity contribution in [3.05, 3.63) is 281 Å². The van der Waals surface area contributed by atoms with Crippen LogP contribution in [0, 0.1) is 0 Å². The molecule has 12 rings (SSSR count). The van der Waals surface area contributed by atoms with Crippen LogP contribution in [0.3, 0.4) is 0 Å². The van der Waals surface area contributed by atoms with Crippen molar-refractivity contribution in [3.63, 3.8) is 0 Å². The summed E-state index contributed by atoms with van der Waals surface area (Å²) in [5.74, 6) is 0. The Morgan fingerprint density at radius 2 is 0.678 bits per heavy atom. The molecule has 0 saturated heterocycles. The van der Waals surface area contributed by atoms with Crippen LogP contribution in [0.2, 0.25) is 0 Å². The molecule has 0 bridgehead atoms. The minimum atomic E-state index is -0.598. The molecule has 2 atom stereocenters. The quantitative estimate of drug-likeness (QED) is 0.164. The van der Waals surface area contributed by atoms with Crippen LogP contribution >= 0.6 is 0 Å². The topological polar surface area (TPSA) is 3.24 Å². The van der Waals surface area contributed by atoms with E-state index < -0.39 is 10.8 Å². The van der Waals surface area contributed by atoms with Gasteiger partial charge in [0.25, 0.3) is 0 Å². The molecular weight excluding hydrogens is 711 g/mol. The predicted octanol–water partition coefficient (Wildman–Crippen LogP) is 14.5. The molecule has 1 nitrogen and oxygen atoms in total. The van der Waals surface area contributed by atoms with Gasteiger partial charge in [-0.3, -0.25) is 0 Å². The molecule has 10 aromatic rings. The van der Waals surface area contributed by atoms with Gasteiger partial charge in [-0.15, -0.1) is 0 Å². The van der Waals surface area contributed by atoms with Crippen molar-refractivity contribution in [2.75, 3.05) is 4.90 Å². The maximum atomic E-state index is 2.41. The lowest BCUT2D eigenvalue weighted by molar-refractivity contribution is 0.626. The molecule has 59 heavy (non-hydrogen) atoms. The van der Waals surface area contributed by atoms with Gasteiger partial charge in [0, 0.05) is 17.1 Å². The van der Waals surface area contributed by atoms with Crippen molar-refractivity contribution in [1.82, 2.24) is 0 Å². The number of anilines is 3. The lowest BCUT2D eigenvalue weighted by Crippen LogP contribution is -2.44. The zero-order valence-corrected chi connectivity index (χ0v) is 32.5. The first-order valence-electron chi connectivity index (χ1n) is 20.6. The number of hydrogen-bond donors (Lipinski definition) is 0. The van der Waals surface area contributed by atoms with Crippen LogP contribution in [0.4, 0.5) is 17.1 Å². The number of nitrogens with zero attached hydrogens (tertiary/aromatic N) is 1. The average Bonchev–Trinajstić information content (AvgIpc) is 3.62. The Labute approximate surface area is 345 Å². The highest BCUT2D eigenvalue weighted by atomic mass is 15.1. The van der Waals surface area contributed by atoms with Gasteiger partial charge < -0.3 is 4.90 Å². The molecule has 0 heterocycles. The Morgan fingerprint density at radius 3 is 1.29 bits per heavy atom. The Balaban J connectivity index is 1.13.